The van der Waals surface area contributed by atoms with Crippen molar-refractivity contribution in [3.8, 4) is 22.8 Å². The Morgan fingerprint density at radius 3 is 2.62 bits per heavy atom. The lowest BCUT2D eigenvalue weighted by molar-refractivity contribution is 0.340. The zero-order chi connectivity index (χ0) is 16.8. The van der Waals surface area contributed by atoms with Gasteiger partial charge in [-0.25, -0.2) is 4.98 Å². The predicted octanol–water partition coefficient (Wildman–Crippen LogP) is 4.83. The van der Waals surface area contributed by atoms with Gasteiger partial charge >= 0.3 is 0 Å². The van der Waals surface area contributed by atoms with Gasteiger partial charge in [-0.1, -0.05) is 18.2 Å². The number of para-hydroxylation sites is 1. The fourth-order valence-electron chi connectivity index (χ4n) is 2.40. The Morgan fingerprint density at radius 2 is 1.88 bits per heavy atom. The molecule has 0 fully saturated rings. The van der Waals surface area contributed by atoms with E-state index in [0.717, 1.165) is 33.5 Å². The van der Waals surface area contributed by atoms with Crippen molar-refractivity contribution in [1.82, 2.24) is 4.98 Å². The molecule has 124 valence electrons. The molecule has 2 aromatic carbocycles. The van der Waals surface area contributed by atoms with Crippen molar-refractivity contribution in [2.75, 3.05) is 19.0 Å². The van der Waals surface area contributed by atoms with Crippen LogP contribution in [0.5, 0.6) is 11.5 Å². The van der Waals surface area contributed by atoms with E-state index in [9.17, 15) is 0 Å². The van der Waals surface area contributed by atoms with E-state index in [1.54, 1.807) is 18.4 Å². The highest BCUT2D eigenvalue weighted by atomic mass is 32.1. The summed E-state index contributed by atoms with van der Waals surface area (Å²) in [5.41, 5.74) is 3.16. The fourth-order valence-corrected chi connectivity index (χ4v) is 3.11. The molecule has 3 aromatic rings. The van der Waals surface area contributed by atoms with Crippen molar-refractivity contribution in [2.45, 2.75) is 13.5 Å². The number of methoxy groups -OCH3 is 1. The van der Waals surface area contributed by atoms with Crippen molar-refractivity contribution < 1.29 is 9.47 Å². The van der Waals surface area contributed by atoms with Crippen LogP contribution in [0.15, 0.2) is 53.9 Å². The smallest absolute Gasteiger partial charge is 0.183 e. The molecule has 0 aliphatic heterocycles. The van der Waals surface area contributed by atoms with E-state index in [1.807, 2.05) is 55.5 Å². The highest BCUT2D eigenvalue weighted by Crippen LogP contribution is 2.27. The van der Waals surface area contributed by atoms with Crippen molar-refractivity contribution in [1.29, 1.82) is 0 Å². The molecule has 0 aliphatic rings. The van der Waals surface area contributed by atoms with E-state index in [0.29, 0.717) is 13.2 Å². The van der Waals surface area contributed by atoms with E-state index >= 15 is 0 Å². The largest absolute Gasteiger partial charge is 0.496 e. The van der Waals surface area contributed by atoms with Crippen LogP contribution in [0.25, 0.3) is 11.3 Å². The summed E-state index contributed by atoms with van der Waals surface area (Å²) in [5, 5.41) is 6.31. The number of thiazole rings is 1. The highest BCUT2D eigenvalue weighted by Gasteiger charge is 2.06. The lowest BCUT2D eigenvalue weighted by Crippen LogP contribution is -2.01. The van der Waals surface area contributed by atoms with Crippen LogP contribution in [0.3, 0.4) is 0 Å². The van der Waals surface area contributed by atoms with Gasteiger partial charge in [0.2, 0.25) is 0 Å². The molecular formula is C19H20N2O2S. The lowest BCUT2D eigenvalue weighted by Gasteiger charge is -2.08. The number of nitrogens with zero attached hydrogens (tertiary/aromatic N) is 1. The number of hydrogen-bond donors (Lipinski definition) is 1. The molecule has 4 nitrogen and oxygen atoms in total. The normalized spacial score (nSPS) is 10.4. The maximum absolute atomic E-state index is 5.47. The van der Waals surface area contributed by atoms with E-state index in [1.165, 1.54) is 0 Å². The summed E-state index contributed by atoms with van der Waals surface area (Å²) in [6.07, 6.45) is 0. The van der Waals surface area contributed by atoms with Gasteiger partial charge in [0.25, 0.3) is 0 Å². The minimum atomic E-state index is 0.674. The summed E-state index contributed by atoms with van der Waals surface area (Å²) in [6.45, 7) is 3.33. The van der Waals surface area contributed by atoms with Crippen LogP contribution in [0.2, 0.25) is 0 Å². The van der Waals surface area contributed by atoms with Crippen molar-refractivity contribution >= 4 is 16.5 Å². The molecule has 24 heavy (non-hydrogen) atoms. The van der Waals surface area contributed by atoms with Crippen LogP contribution in [0.1, 0.15) is 12.5 Å². The van der Waals surface area contributed by atoms with Gasteiger partial charge in [0, 0.05) is 23.1 Å². The number of hydrogen-bond acceptors (Lipinski definition) is 5. The Bertz CT molecular complexity index is 784. The molecule has 0 bridgehead atoms. The van der Waals surface area contributed by atoms with Crippen LogP contribution < -0.4 is 14.8 Å². The van der Waals surface area contributed by atoms with E-state index in [2.05, 4.69) is 15.7 Å². The molecule has 1 heterocycles. The molecule has 0 radical (unpaired) electrons. The van der Waals surface area contributed by atoms with Gasteiger partial charge in [-0.2, -0.15) is 0 Å². The zero-order valence-electron chi connectivity index (χ0n) is 13.8. The molecule has 0 saturated carbocycles. The molecule has 0 saturated heterocycles. The molecule has 0 aliphatic carbocycles. The summed E-state index contributed by atoms with van der Waals surface area (Å²) in [5.74, 6) is 1.76. The first kappa shape index (κ1) is 16.3. The highest BCUT2D eigenvalue weighted by molar-refractivity contribution is 7.14. The first-order valence-electron chi connectivity index (χ1n) is 7.84. The van der Waals surface area contributed by atoms with Crippen LogP contribution in [0.4, 0.5) is 5.13 Å². The number of nitrogens with one attached hydrogen (secondary N) is 1. The summed E-state index contributed by atoms with van der Waals surface area (Å²) in [6, 6.07) is 16.0. The summed E-state index contributed by atoms with van der Waals surface area (Å²) < 4.78 is 10.8. The molecule has 0 amide bonds. The summed E-state index contributed by atoms with van der Waals surface area (Å²) in [7, 11) is 1.69. The number of anilines is 1. The Balaban J connectivity index is 1.67. The summed E-state index contributed by atoms with van der Waals surface area (Å²) >= 11 is 1.60. The maximum atomic E-state index is 5.47. The van der Waals surface area contributed by atoms with Crippen molar-refractivity contribution in [3.05, 3.63) is 59.5 Å². The molecule has 5 heteroatoms. The quantitative estimate of drug-likeness (QED) is 0.669. The van der Waals surface area contributed by atoms with Gasteiger partial charge in [-0.3, -0.25) is 0 Å². The predicted molar refractivity (Wildman–Crippen MR) is 99.0 cm³/mol. The molecule has 1 aromatic heterocycles. The standard InChI is InChI=1S/C19H20N2O2S/c1-3-23-16-10-8-14(9-11-16)17-13-24-19(21-17)20-12-15-6-4-5-7-18(15)22-2/h4-11,13H,3,12H2,1-2H3,(H,20,21). The van der Waals surface area contributed by atoms with Crippen molar-refractivity contribution in [3.63, 3.8) is 0 Å². The fraction of sp³-hybridized carbons (Fsp3) is 0.211. The Hall–Kier alpha value is -2.53. The topological polar surface area (TPSA) is 43.4 Å². The van der Waals surface area contributed by atoms with Crippen LogP contribution in [-0.2, 0) is 6.54 Å². The molecule has 1 N–H and O–H groups in total. The minimum Gasteiger partial charge on any atom is -0.496 e. The first-order valence-corrected chi connectivity index (χ1v) is 8.72. The van der Waals surface area contributed by atoms with E-state index in [4.69, 9.17) is 9.47 Å². The van der Waals surface area contributed by atoms with E-state index in [-0.39, 0.29) is 0 Å². The Labute approximate surface area is 146 Å². The van der Waals surface area contributed by atoms with Gasteiger partial charge in [0.1, 0.15) is 11.5 Å². The van der Waals surface area contributed by atoms with Gasteiger partial charge < -0.3 is 14.8 Å². The van der Waals surface area contributed by atoms with Gasteiger partial charge in [0.05, 0.1) is 19.4 Å². The first-order chi connectivity index (χ1) is 11.8. The average Bonchev–Trinajstić information content (AvgIpc) is 3.10. The number of benzene rings is 2. The number of ether oxygens (including phenoxy) is 2. The van der Waals surface area contributed by atoms with Crippen molar-refractivity contribution in [2.24, 2.45) is 0 Å². The van der Waals surface area contributed by atoms with Gasteiger partial charge in [-0.05, 0) is 37.3 Å². The lowest BCUT2D eigenvalue weighted by atomic mass is 10.2. The molecule has 0 unspecified atom stereocenters. The zero-order valence-corrected chi connectivity index (χ0v) is 14.6. The second-order valence-corrected chi connectivity index (χ2v) is 6.02. The third-order valence-corrected chi connectivity index (χ3v) is 4.39. The minimum absolute atomic E-state index is 0.674. The Morgan fingerprint density at radius 1 is 1.08 bits per heavy atom. The monoisotopic (exact) mass is 340 g/mol. The summed E-state index contributed by atoms with van der Waals surface area (Å²) in [4.78, 5) is 4.65. The SMILES string of the molecule is CCOc1ccc(-c2csc(NCc3ccccc3OC)n2)cc1. The van der Waals surface area contributed by atoms with Gasteiger partial charge in [0.15, 0.2) is 5.13 Å². The van der Waals surface area contributed by atoms with Crippen LogP contribution in [-0.4, -0.2) is 18.7 Å². The molecule has 0 spiro atoms. The number of aromatic nitrogens is 1. The molecule has 3 rings (SSSR count). The maximum Gasteiger partial charge on any atom is 0.183 e. The average molecular weight is 340 g/mol. The second kappa shape index (κ2) is 7.84. The number of rotatable bonds is 7. The Kier molecular flexibility index (Phi) is 5.33. The van der Waals surface area contributed by atoms with E-state index < -0.39 is 0 Å². The van der Waals surface area contributed by atoms with Crippen LogP contribution in [0, 0.1) is 0 Å². The third-order valence-electron chi connectivity index (χ3n) is 3.59. The van der Waals surface area contributed by atoms with Gasteiger partial charge in [-0.15, -0.1) is 11.3 Å². The third kappa shape index (κ3) is 3.86. The molecule has 0 atom stereocenters. The molecular weight excluding hydrogens is 320 g/mol. The van der Waals surface area contributed by atoms with Crippen LogP contribution >= 0.6 is 11.3 Å². The second-order valence-electron chi connectivity index (χ2n) is 5.16.